The van der Waals surface area contributed by atoms with Crippen molar-refractivity contribution in [2.24, 2.45) is 0 Å². The average molecular weight is 286 g/mol. The van der Waals surface area contributed by atoms with Crippen molar-refractivity contribution in [3.05, 3.63) is 46.0 Å². The Labute approximate surface area is 121 Å². The van der Waals surface area contributed by atoms with Gasteiger partial charge < -0.3 is 5.11 Å². The maximum Gasteiger partial charge on any atom is 0.257 e. The van der Waals surface area contributed by atoms with Crippen LogP contribution in [-0.2, 0) is 0 Å². The van der Waals surface area contributed by atoms with Gasteiger partial charge in [-0.1, -0.05) is 11.8 Å². The number of aliphatic hydroxyl groups excluding tert-OH is 1. The van der Waals surface area contributed by atoms with E-state index in [9.17, 15) is 4.79 Å². The Morgan fingerprint density at radius 2 is 2.25 bits per heavy atom. The summed E-state index contributed by atoms with van der Waals surface area (Å²) in [5, 5.41) is 12.0. The molecule has 4 nitrogen and oxygen atoms in total. The molecule has 0 aliphatic carbocycles. The smallest absolute Gasteiger partial charge is 0.257 e. The number of hydrogen-bond acceptors (Lipinski definition) is 4. The summed E-state index contributed by atoms with van der Waals surface area (Å²) in [4.78, 5) is 17.2. The quantitative estimate of drug-likeness (QED) is 0.833. The van der Waals surface area contributed by atoms with Gasteiger partial charge in [-0.2, -0.15) is 0 Å². The number of benzene rings is 1. The third-order valence-electron chi connectivity index (χ3n) is 2.63. The van der Waals surface area contributed by atoms with E-state index in [1.54, 1.807) is 24.4 Å². The molecule has 0 aliphatic heterocycles. The predicted molar refractivity (Wildman–Crippen MR) is 79.9 cm³/mol. The van der Waals surface area contributed by atoms with Crippen LogP contribution in [0, 0.1) is 25.7 Å². The molecule has 0 aliphatic rings. The summed E-state index contributed by atoms with van der Waals surface area (Å²) >= 11 is 1.44. The van der Waals surface area contributed by atoms with Crippen molar-refractivity contribution in [3.8, 4) is 11.8 Å². The lowest BCUT2D eigenvalue weighted by molar-refractivity contribution is 0.102. The van der Waals surface area contributed by atoms with Crippen molar-refractivity contribution in [1.82, 2.24) is 4.98 Å². The molecule has 0 unspecified atom stereocenters. The number of aromatic nitrogens is 1. The van der Waals surface area contributed by atoms with Crippen LogP contribution in [0.1, 0.15) is 26.4 Å². The van der Waals surface area contributed by atoms with E-state index in [4.69, 9.17) is 5.11 Å². The number of aliphatic hydroxyl groups is 1. The first-order valence-corrected chi connectivity index (χ1v) is 6.86. The van der Waals surface area contributed by atoms with Crippen LogP contribution >= 0.6 is 11.3 Å². The van der Waals surface area contributed by atoms with Gasteiger partial charge in [0, 0.05) is 22.2 Å². The average Bonchev–Trinajstić information content (AvgIpc) is 2.82. The molecule has 20 heavy (non-hydrogen) atoms. The highest BCUT2D eigenvalue weighted by Gasteiger charge is 2.09. The molecule has 0 saturated heterocycles. The second kappa shape index (κ2) is 6.33. The van der Waals surface area contributed by atoms with Crippen LogP contribution in [0.2, 0.25) is 0 Å². The van der Waals surface area contributed by atoms with Crippen LogP contribution in [0.4, 0.5) is 5.13 Å². The second-order valence-electron chi connectivity index (χ2n) is 4.22. The first-order chi connectivity index (χ1) is 9.60. The minimum absolute atomic E-state index is 0.176. The molecule has 2 aromatic rings. The summed E-state index contributed by atoms with van der Waals surface area (Å²) in [6.45, 7) is 3.64. The third kappa shape index (κ3) is 3.44. The lowest BCUT2D eigenvalue weighted by Crippen LogP contribution is -2.11. The number of nitrogens with one attached hydrogen (secondary N) is 1. The van der Waals surface area contributed by atoms with Crippen molar-refractivity contribution in [2.45, 2.75) is 13.8 Å². The van der Waals surface area contributed by atoms with Crippen molar-refractivity contribution >= 4 is 22.4 Å². The molecule has 102 valence electrons. The molecule has 5 heteroatoms. The Morgan fingerprint density at radius 1 is 1.45 bits per heavy atom. The van der Waals surface area contributed by atoms with Gasteiger partial charge in [-0.05, 0) is 37.6 Å². The minimum Gasteiger partial charge on any atom is -0.384 e. The van der Waals surface area contributed by atoms with E-state index < -0.39 is 0 Å². The standard InChI is InChI=1S/C15H14N2O2S/c1-10-8-13(6-5-12(10)4-3-7-18)14(19)17-15-16-9-11(2)20-15/h5-6,8-9,18H,7H2,1-2H3,(H,16,17,19). The maximum absolute atomic E-state index is 12.1. The first kappa shape index (κ1) is 14.3. The summed E-state index contributed by atoms with van der Waals surface area (Å²) < 4.78 is 0. The fourth-order valence-electron chi connectivity index (χ4n) is 1.66. The van der Waals surface area contributed by atoms with Crippen LogP contribution in [0.15, 0.2) is 24.4 Å². The minimum atomic E-state index is -0.191. The summed E-state index contributed by atoms with van der Waals surface area (Å²) in [5.41, 5.74) is 2.26. The first-order valence-electron chi connectivity index (χ1n) is 6.04. The Kier molecular flexibility index (Phi) is 4.51. The third-order valence-corrected chi connectivity index (χ3v) is 3.46. The van der Waals surface area contributed by atoms with E-state index >= 15 is 0 Å². The largest absolute Gasteiger partial charge is 0.384 e. The van der Waals surface area contributed by atoms with Crippen molar-refractivity contribution in [1.29, 1.82) is 0 Å². The maximum atomic E-state index is 12.1. The molecule has 0 atom stereocenters. The van der Waals surface area contributed by atoms with E-state index in [-0.39, 0.29) is 12.5 Å². The fraction of sp³-hybridized carbons (Fsp3) is 0.200. The monoisotopic (exact) mass is 286 g/mol. The van der Waals surface area contributed by atoms with Gasteiger partial charge in [-0.3, -0.25) is 10.1 Å². The number of carbonyl (C=O) groups is 1. The van der Waals surface area contributed by atoms with E-state index in [1.807, 2.05) is 13.8 Å². The van der Waals surface area contributed by atoms with Crippen LogP contribution in [0.3, 0.4) is 0 Å². The van der Waals surface area contributed by atoms with Crippen LogP contribution in [0.5, 0.6) is 0 Å². The summed E-state index contributed by atoms with van der Waals surface area (Å²) in [7, 11) is 0. The predicted octanol–water partition coefficient (Wildman–Crippen LogP) is 2.36. The van der Waals surface area contributed by atoms with Gasteiger partial charge in [0.1, 0.15) is 6.61 Å². The molecule has 0 radical (unpaired) electrons. The fourth-order valence-corrected chi connectivity index (χ4v) is 2.32. The number of aryl methyl sites for hydroxylation is 2. The molecule has 0 saturated carbocycles. The van der Waals surface area contributed by atoms with Crippen molar-refractivity contribution < 1.29 is 9.90 Å². The highest BCUT2D eigenvalue weighted by Crippen LogP contribution is 2.18. The lowest BCUT2D eigenvalue weighted by atomic mass is 10.1. The lowest BCUT2D eigenvalue weighted by Gasteiger charge is -2.04. The molecular formula is C15H14N2O2S. The van der Waals surface area contributed by atoms with E-state index in [1.165, 1.54) is 11.3 Å². The summed E-state index contributed by atoms with van der Waals surface area (Å²) in [6.07, 6.45) is 1.72. The number of amides is 1. The zero-order valence-corrected chi connectivity index (χ0v) is 12.0. The van der Waals surface area contributed by atoms with E-state index in [0.29, 0.717) is 10.7 Å². The highest BCUT2D eigenvalue weighted by molar-refractivity contribution is 7.15. The number of carbonyl (C=O) groups excluding carboxylic acids is 1. The van der Waals surface area contributed by atoms with Gasteiger partial charge in [0.25, 0.3) is 5.91 Å². The number of nitrogens with zero attached hydrogens (tertiary/aromatic N) is 1. The number of hydrogen-bond donors (Lipinski definition) is 2. The van der Waals surface area contributed by atoms with Gasteiger partial charge in [0.15, 0.2) is 5.13 Å². The molecule has 0 spiro atoms. The zero-order chi connectivity index (χ0) is 14.5. The second-order valence-corrected chi connectivity index (χ2v) is 5.45. The number of rotatable bonds is 2. The van der Waals surface area contributed by atoms with Crippen molar-refractivity contribution in [3.63, 3.8) is 0 Å². The summed E-state index contributed by atoms with van der Waals surface area (Å²) in [6, 6.07) is 5.27. The van der Waals surface area contributed by atoms with Gasteiger partial charge in [-0.25, -0.2) is 4.98 Å². The van der Waals surface area contributed by atoms with Gasteiger partial charge >= 0.3 is 0 Å². The number of thiazole rings is 1. The van der Waals surface area contributed by atoms with Crippen LogP contribution < -0.4 is 5.32 Å². The SMILES string of the molecule is Cc1cnc(NC(=O)c2ccc(C#CCO)c(C)c2)s1. The Balaban J connectivity index is 2.16. The molecule has 1 heterocycles. The normalized spacial score (nSPS) is 9.75. The van der Waals surface area contributed by atoms with Gasteiger partial charge in [-0.15, -0.1) is 11.3 Å². The zero-order valence-electron chi connectivity index (χ0n) is 11.2. The van der Waals surface area contributed by atoms with Crippen LogP contribution in [0.25, 0.3) is 0 Å². The molecule has 0 fully saturated rings. The topological polar surface area (TPSA) is 62.2 Å². The number of anilines is 1. The molecular weight excluding hydrogens is 272 g/mol. The Morgan fingerprint density at radius 3 is 2.85 bits per heavy atom. The van der Waals surface area contributed by atoms with Gasteiger partial charge in [0.05, 0.1) is 0 Å². The molecule has 0 bridgehead atoms. The highest BCUT2D eigenvalue weighted by atomic mass is 32.1. The van der Waals surface area contributed by atoms with E-state index in [0.717, 1.165) is 16.0 Å². The molecule has 2 N–H and O–H groups in total. The van der Waals surface area contributed by atoms with Gasteiger partial charge in [0.2, 0.25) is 0 Å². The van der Waals surface area contributed by atoms with Crippen LogP contribution in [-0.4, -0.2) is 22.6 Å². The Bertz CT molecular complexity index is 695. The van der Waals surface area contributed by atoms with Crippen molar-refractivity contribution in [2.75, 3.05) is 11.9 Å². The molecule has 1 aromatic carbocycles. The Hall–Kier alpha value is -2.16. The summed E-state index contributed by atoms with van der Waals surface area (Å²) in [5.74, 6) is 5.24. The molecule has 2 rings (SSSR count). The molecule has 1 aromatic heterocycles. The molecule has 1 amide bonds. The van der Waals surface area contributed by atoms with E-state index in [2.05, 4.69) is 22.1 Å².